The molecule has 0 aromatic heterocycles. The smallest absolute Gasteiger partial charge is 0.133 e. The normalized spacial score (nSPS) is 23.8. The predicted molar refractivity (Wildman–Crippen MR) is 85.1 cm³/mol. The molecule has 2 nitrogen and oxygen atoms in total. The van der Waals surface area contributed by atoms with Gasteiger partial charge in [0.25, 0.3) is 0 Å². The molecule has 1 saturated carbocycles. The van der Waals surface area contributed by atoms with Gasteiger partial charge in [-0.2, -0.15) is 0 Å². The molecule has 0 N–H and O–H groups in total. The van der Waals surface area contributed by atoms with Crippen LogP contribution < -0.4 is 4.74 Å². The van der Waals surface area contributed by atoms with Crippen LogP contribution in [0.15, 0.2) is 22.7 Å². The molecule has 19 heavy (non-hydrogen) atoms. The first-order valence-corrected chi connectivity index (χ1v) is 8.44. The molecule has 1 aromatic rings. The lowest BCUT2D eigenvalue weighted by atomic mass is 9.78. The quantitative estimate of drug-likeness (QED) is 0.628. The Kier molecular flexibility index (Phi) is 5.72. The third-order valence-electron chi connectivity index (χ3n) is 3.67. The van der Waals surface area contributed by atoms with Gasteiger partial charge in [0.1, 0.15) is 5.75 Å². The first kappa shape index (κ1) is 15.3. The van der Waals surface area contributed by atoms with Crippen molar-refractivity contribution in [3.8, 4) is 5.75 Å². The number of benzene rings is 1. The highest BCUT2D eigenvalue weighted by atomic mass is 79.9. The summed E-state index contributed by atoms with van der Waals surface area (Å²) in [5.74, 6) is 1.66. The highest BCUT2D eigenvalue weighted by Gasteiger charge is 2.31. The molecule has 0 saturated heterocycles. The monoisotopic (exact) mass is 390 g/mol. The summed E-state index contributed by atoms with van der Waals surface area (Å²) in [4.78, 5) is 0.405. The van der Waals surface area contributed by atoms with Gasteiger partial charge in [0.15, 0.2) is 0 Å². The number of hydrogen-bond acceptors (Lipinski definition) is 2. The molecule has 0 aliphatic heterocycles. The molecule has 1 aliphatic carbocycles. The van der Waals surface area contributed by atoms with Crippen molar-refractivity contribution in [1.82, 2.24) is 0 Å². The van der Waals surface area contributed by atoms with Gasteiger partial charge in [-0.3, -0.25) is 0 Å². The highest BCUT2D eigenvalue weighted by molar-refractivity contribution is 9.10. The van der Waals surface area contributed by atoms with Crippen LogP contribution in [0.4, 0.5) is 0 Å². The molecule has 0 radical (unpaired) electrons. The summed E-state index contributed by atoms with van der Waals surface area (Å²) in [6.07, 6.45) is 4.07. The van der Waals surface area contributed by atoms with Gasteiger partial charge in [-0.1, -0.05) is 22.0 Å². The van der Waals surface area contributed by atoms with E-state index < -0.39 is 0 Å². The summed E-state index contributed by atoms with van der Waals surface area (Å²) < 4.78 is 11.9. The Labute approximate surface area is 132 Å². The molecule has 1 atom stereocenters. The fourth-order valence-corrected chi connectivity index (χ4v) is 3.92. The Bertz CT molecular complexity index is 417. The Balaban J connectivity index is 1.87. The second-order valence-corrected chi connectivity index (χ2v) is 6.97. The Morgan fingerprint density at radius 1 is 1.37 bits per heavy atom. The molecule has 0 spiro atoms. The van der Waals surface area contributed by atoms with Crippen molar-refractivity contribution in [2.24, 2.45) is 5.92 Å². The lowest BCUT2D eigenvalue weighted by molar-refractivity contribution is -0.0264. The average molecular weight is 392 g/mol. The summed E-state index contributed by atoms with van der Waals surface area (Å²) in [7, 11) is 1.69. The average Bonchev–Trinajstić information content (AvgIpc) is 2.36. The van der Waals surface area contributed by atoms with Gasteiger partial charge in [-0.25, -0.2) is 0 Å². The topological polar surface area (TPSA) is 18.5 Å². The summed E-state index contributed by atoms with van der Waals surface area (Å²) in [5, 5.41) is 0. The molecular formula is C15H20Br2O2. The fraction of sp³-hybridized carbons (Fsp3) is 0.600. The standard InChI is InChI=1S/C15H20Br2O2/c1-3-19-12-6-10(7-12)8-13(16)11-4-5-15(18-2)14(17)9-11/h4-5,9-10,12-13H,3,6-8H2,1-2H3. The van der Waals surface area contributed by atoms with Crippen LogP contribution in [0.3, 0.4) is 0 Å². The van der Waals surface area contributed by atoms with Crippen LogP contribution in [0.25, 0.3) is 0 Å². The van der Waals surface area contributed by atoms with Crippen molar-refractivity contribution in [3.05, 3.63) is 28.2 Å². The maximum Gasteiger partial charge on any atom is 0.133 e. The van der Waals surface area contributed by atoms with E-state index in [1.165, 1.54) is 24.8 Å². The van der Waals surface area contributed by atoms with Gasteiger partial charge in [-0.05, 0) is 65.7 Å². The minimum absolute atomic E-state index is 0.405. The third kappa shape index (κ3) is 3.96. The fourth-order valence-electron chi connectivity index (χ4n) is 2.54. The zero-order valence-electron chi connectivity index (χ0n) is 11.4. The van der Waals surface area contributed by atoms with E-state index in [-0.39, 0.29) is 0 Å². The Morgan fingerprint density at radius 2 is 2.11 bits per heavy atom. The summed E-state index contributed by atoms with van der Waals surface area (Å²) >= 11 is 7.34. The maximum absolute atomic E-state index is 5.61. The number of halogens is 2. The van der Waals surface area contributed by atoms with Crippen molar-refractivity contribution in [2.75, 3.05) is 13.7 Å². The maximum atomic E-state index is 5.61. The molecule has 2 rings (SSSR count). The van der Waals surface area contributed by atoms with Crippen molar-refractivity contribution in [1.29, 1.82) is 0 Å². The van der Waals surface area contributed by atoms with Crippen molar-refractivity contribution >= 4 is 31.9 Å². The van der Waals surface area contributed by atoms with Crippen LogP contribution in [0.5, 0.6) is 5.75 Å². The summed E-state index contributed by atoms with van der Waals surface area (Å²) in [5.41, 5.74) is 1.30. The van der Waals surface area contributed by atoms with Gasteiger partial charge in [0, 0.05) is 11.4 Å². The zero-order valence-corrected chi connectivity index (χ0v) is 14.5. The van der Waals surface area contributed by atoms with E-state index in [1.807, 2.05) is 6.07 Å². The van der Waals surface area contributed by atoms with Crippen LogP contribution in [0.1, 0.15) is 36.6 Å². The lowest BCUT2D eigenvalue weighted by Crippen LogP contribution is -2.31. The SMILES string of the molecule is CCOC1CC(CC(Br)c2ccc(OC)c(Br)c2)C1. The zero-order chi connectivity index (χ0) is 13.8. The second-order valence-electron chi connectivity index (χ2n) is 5.01. The molecule has 0 bridgehead atoms. The summed E-state index contributed by atoms with van der Waals surface area (Å²) in [6, 6.07) is 6.27. The summed E-state index contributed by atoms with van der Waals surface area (Å²) in [6.45, 7) is 2.90. The minimum atomic E-state index is 0.405. The van der Waals surface area contributed by atoms with Crippen LogP contribution in [-0.4, -0.2) is 19.8 Å². The first-order chi connectivity index (χ1) is 9.13. The van der Waals surface area contributed by atoms with Gasteiger partial charge < -0.3 is 9.47 Å². The molecule has 1 aromatic carbocycles. The van der Waals surface area contributed by atoms with E-state index in [4.69, 9.17) is 9.47 Å². The number of methoxy groups -OCH3 is 1. The first-order valence-electron chi connectivity index (χ1n) is 6.73. The van der Waals surface area contributed by atoms with Crippen molar-refractivity contribution < 1.29 is 9.47 Å². The van der Waals surface area contributed by atoms with E-state index >= 15 is 0 Å². The van der Waals surface area contributed by atoms with Gasteiger partial charge >= 0.3 is 0 Å². The predicted octanol–water partition coefficient (Wildman–Crippen LogP) is 5.10. The third-order valence-corrected chi connectivity index (χ3v) is 5.19. The Hall–Kier alpha value is -0.0600. The number of hydrogen-bond donors (Lipinski definition) is 0. The van der Waals surface area contributed by atoms with E-state index in [2.05, 4.69) is 50.9 Å². The van der Waals surface area contributed by atoms with Gasteiger partial charge in [0.2, 0.25) is 0 Å². The number of rotatable bonds is 6. The van der Waals surface area contributed by atoms with Crippen LogP contribution >= 0.6 is 31.9 Å². The van der Waals surface area contributed by atoms with Gasteiger partial charge in [-0.15, -0.1) is 0 Å². The largest absolute Gasteiger partial charge is 0.496 e. The van der Waals surface area contributed by atoms with E-state index in [9.17, 15) is 0 Å². The lowest BCUT2D eigenvalue weighted by Gasteiger charge is -2.36. The van der Waals surface area contributed by atoms with Crippen molar-refractivity contribution in [2.45, 2.75) is 37.1 Å². The number of ether oxygens (including phenoxy) is 2. The molecule has 0 amide bonds. The van der Waals surface area contributed by atoms with E-state index in [0.29, 0.717) is 10.9 Å². The molecular weight excluding hydrogens is 372 g/mol. The molecule has 1 fully saturated rings. The molecule has 106 valence electrons. The van der Waals surface area contributed by atoms with Crippen molar-refractivity contribution in [3.63, 3.8) is 0 Å². The molecule has 0 heterocycles. The van der Waals surface area contributed by atoms with E-state index in [1.54, 1.807) is 7.11 Å². The molecule has 1 aliphatic rings. The van der Waals surface area contributed by atoms with Gasteiger partial charge in [0.05, 0.1) is 17.7 Å². The van der Waals surface area contributed by atoms with Crippen LogP contribution in [0.2, 0.25) is 0 Å². The van der Waals surface area contributed by atoms with Crippen LogP contribution in [0, 0.1) is 5.92 Å². The number of alkyl halides is 1. The second kappa shape index (κ2) is 7.09. The van der Waals surface area contributed by atoms with Crippen LogP contribution in [-0.2, 0) is 4.74 Å². The Morgan fingerprint density at radius 3 is 2.68 bits per heavy atom. The van der Waals surface area contributed by atoms with E-state index in [0.717, 1.165) is 22.7 Å². The molecule has 4 heteroatoms. The minimum Gasteiger partial charge on any atom is -0.496 e. The molecule has 1 unspecified atom stereocenters. The highest BCUT2D eigenvalue weighted by Crippen LogP contribution is 2.41.